The highest BCUT2D eigenvalue weighted by Gasteiger charge is 2.34. The first-order chi connectivity index (χ1) is 10.9. The van der Waals surface area contributed by atoms with Crippen molar-refractivity contribution in [3.8, 4) is 5.88 Å². The van der Waals surface area contributed by atoms with Gasteiger partial charge in [-0.15, -0.1) is 0 Å². The predicted molar refractivity (Wildman–Crippen MR) is 71.6 cm³/mol. The third-order valence-corrected chi connectivity index (χ3v) is 3.27. The highest BCUT2D eigenvalue weighted by molar-refractivity contribution is 5.92. The fraction of sp³-hybridized carbons (Fsp3) is 0.286. The zero-order chi connectivity index (χ0) is 16.4. The maximum absolute atomic E-state index is 12.4. The van der Waals surface area contributed by atoms with Crippen LogP contribution in [0.3, 0.4) is 0 Å². The van der Waals surface area contributed by atoms with Crippen LogP contribution < -0.4 is 4.74 Å². The van der Waals surface area contributed by atoms with Crippen molar-refractivity contribution >= 4 is 5.91 Å². The lowest BCUT2D eigenvalue weighted by atomic mass is 10.1. The van der Waals surface area contributed by atoms with Gasteiger partial charge in [-0.1, -0.05) is 0 Å². The molecule has 1 aliphatic rings. The summed E-state index contributed by atoms with van der Waals surface area (Å²) >= 11 is 0. The van der Waals surface area contributed by atoms with Gasteiger partial charge < -0.3 is 9.64 Å². The summed E-state index contributed by atoms with van der Waals surface area (Å²) in [7, 11) is 0. The number of likely N-dealkylation sites (tertiary alicyclic amines) is 1. The Morgan fingerprint density at radius 2 is 1.96 bits per heavy atom. The number of alkyl halides is 3. The molecule has 0 N–H and O–H groups in total. The summed E-state index contributed by atoms with van der Waals surface area (Å²) in [5.74, 6) is -0.173. The molecule has 6 nitrogen and oxygen atoms in total. The topological polar surface area (TPSA) is 68.2 Å². The van der Waals surface area contributed by atoms with E-state index in [-0.39, 0.29) is 23.6 Å². The fourth-order valence-corrected chi connectivity index (χ4v) is 2.04. The quantitative estimate of drug-likeness (QED) is 0.861. The van der Waals surface area contributed by atoms with Crippen molar-refractivity contribution < 1.29 is 22.7 Å². The molecule has 0 aromatic carbocycles. The lowest BCUT2D eigenvalue weighted by Crippen LogP contribution is -2.56. The average Bonchev–Trinajstić information content (AvgIpc) is 2.50. The van der Waals surface area contributed by atoms with E-state index >= 15 is 0 Å². The van der Waals surface area contributed by atoms with Gasteiger partial charge in [-0.05, 0) is 6.07 Å². The number of ether oxygens (including phenoxy) is 1. The van der Waals surface area contributed by atoms with Gasteiger partial charge in [0.25, 0.3) is 5.91 Å². The van der Waals surface area contributed by atoms with Crippen LogP contribution >= 0.6 is 0 Å². The molecule has 1 saturated heterocycles. The highest BCUT2D eigenvalue weighted by atomic mass is 19.4. The van der Waals surface area contributed by atoms with Gasteiger partial charge in [-0.25, -0.2) is 9.97 Å². The number of halogens is 3. The van der Waals surface area contributed by atoms with Gasteiger partial charge in [0.05, 0.1) is 24.8 Å². The summed E-state index contributed by atoms with van der Waals surface area (Å²) in [4.78, 5) is 24.9. The number of amides is 1. The van der Waals surface area contributed by atoms with E-state index in [2.05, 4.69) is 15.0 Å². The van der Waals surface area contributed by atoms with Gasteiger partial charge in [0.2, 0.25) is 5.88 Å². The van der Waals surface area contributed by atoms with Crippen LogP contribution in [-0.4, -0.2) is 45.0 Å². The van der Waals surface area contributed by atoms with Gasteiger partial charge in [-0.2, -0.15) is 13.2 Å². The maximum Gasteiger partial charge on any atom is 0.417 e. The summed E-state index contributed by atoms with van der Waals surface area (Å²) in [5, 5.41) is 0. The average molecular weight is 324 g/mol. The monoisotopic (exact) mass is 324 g/mol. The molecule has 0 atom stereocenters. The number of carbonyl (C=O) groups is 1. The van der Waals surface area contributed by atoms with Crippen molar-refractivity contribution in [1.29, 1.82) is 0 Å². The molecule has 23 heavy (non-hydrogen) atoms. The number of nitrogens with zero attached hydrogens (tertiary/aromatic N) is 4. The Balaban J connectivity index is 1.53. The van der Waals surface area contributed by atoms with E-state index in [9.17, 15) is 18.0 Å². The molecule has 0 aliphatic carbocycles. The third kappa shape index (κ3) is 3.38. The normalized spacial score (nSPS) is 15.2. The summed E-state index contributed by atoms with van der Waals surface area (Å²) in [6.45, 7) is 0.635. The molecule has 1 amide bonds. The van der Waals surface area contributed by atoms with Gasteiger partial charge in [-0.3, -0.25) is 9.78 Å². The number of rotatable bonds is 3. The molecular formula is C14H11F3N4O2. The lowest BCUT2D eigenvalue weighted by Gasteiger charge is -2.38. The minimum Gasteiger partial charge on any atom is -0.471 e. The maximum atomic E-state index is 12.4. The minimum absolute atomic E-state index is 0.0922. The minimum atomic E-state index is -4.43. The predicted octanol–water partition coefficient (Wildman–Crippen LogP) is 1.79. The Kier molecular flexibility index (Phi) is 3.85. The molecule has 3 heterocycles. The SMILES string of the molecule is O=C(c1cnccn1)N1CC(Oc2ccc(C(F)(F)F)cn2)C1. The van der Waals surface area contributed by atoms with E-state index in [4.69, 9.17) is 4.74 Å². The molecule has 1 aliphatic heterocycles. The second-order valence-corrected chi connectivity index (χ2v) is 4.92. The van der Waals surface area contributed by atoms with Gasteiger partial charge >= 0.3 is 6.18 Å². The first kappa shape index (κ1) is 15.2. The van der Waals surface area contributed by atoms with E-state index in [1.54, 1.807) is 0 Å². The van der Waals surface area contributed by atoms with Gasteiger partial charge in [0, 0.05) is 24.7 Å². The lowest BCUT2D eigenvalue weighted by molar-refractivity contribution is -0.137. The van der Waals surface area contributed by atoms with Crippen molar-refractivity contribution in [3.63, 3.8) is 0 Å². The van der Waals surface area contributed by atoms with E-state index in [1.807, 2.05) is 0 Å². The van der Waals surface area contributed by atoms with Crippen LogP contribution in [0.1, 0.15) is 16.1 Å². The van der Waals surface area contributed by atoms with Crippen LogP contribution in [0.25, 0.3) is 0 Å². The number of hydrogen-bond donors (Lipinski definition) is 0. The van der Waals surface area contributed by atoms with E-state index in [0.29, 0.717) is 13.1 Å². The number of hydrogen-bond acceptors (Lipinski definition) is 5. The molecule has 0 unspecified atom stereocenters. The van der Waals surface area contributed by atoms with Crippen LogP contribution in [0.15, 0.2) is 36.9 Å². The molecular weight excluding hydrogens is 313 g/mol. The van der Waals surface area contributed by atoms with Crippen LogP contribution in [0, 0.1) is 0 Å². The van der Waals surface area contributed by atoms with Crippen molar-refractivity contribution in [1.82, 2.24) is 19.9 Å². The molecule has 9 heteroatoms. The fourth-order valence-electron chi connectivity index (χ4n) is 2.04. The standard InChI is InChI=1S/C14H11F3N4O2/c15-14(16,17)9-1-2-12(20-5-9)23-10-7-21(8-10)13(22)11-6-18-3-4-19-11/h1-6,10H,7-8H2. The molecule has 0 saturated carbocycles. The molecule has 0 radical (unpaired) electrons. The molecule has 0 bridgehead atoms. The van der Waals surface area contributed by atoms with Crippen molar-refractivity contribution in [3.05, 3.63) is 48.2 Å². The van der Waals surface area contributed by atoms with Crippen LogP contribution in [0.4, 0.5) is 13.2 Å². The van der Waals surface area contributed by atoms with E-state index < -0.39 is 11.7 Å². The first-order valence-electron chi connectivity index (χ1n) is 6.68. The van der Waals surface area contributed by atoms with E-state index in [1.165, 1.54) is 23.5 Å². The van der Waals surface area contributed by atoms with E-state index in [0.717, 1.165) is 18.3 Å². The van der Waals surface area contributed by atoms with Crippen molar-refractivity contribution in [2.24, 2.45) is 0 Å². The third-order valence-electron chi connectivity index (χ3n) is 3.27. The largest absolute Gasteiger partial charge is 0.471 e. The van der Waals surface area contributed by atoms with Crippen LogP contribution in [-0.2, 0) is 6.18 Å². The summed E-state index contributed by atoms with van der Waals surface area (Å²) in [5.41, 5.74) is -0.600. The Hall–Kier alpha value is -2.71. The highest BCUT2D eigenvalue weighted by Crippen LogP contribution is 2.29. The summed E-state index contributed by atoms with van der Waals surface area (Å²) < 4.78 is 42.7. The van der Waals surface area contributed by atoms with Crippen molar-refractivity contribution in [2.75, 3.05) is 13.1 Å². The molecule has 120 valence electrons. The molecule has 1 fully saturated rings. The zero-order valence-corrected chi connectivity index (χ0v) is 11.7. The van der Waals surface area contributed by atoms with Crippen LogP contribution in [0.2, 0.25) is 0 Å². The molecule has 2 aromatic heterocycles. The number of pyridine rings is 1. The number of carbonyl (C=O) groups excluding carboxylic acids is 1. The smallest absolute Gasteiger partial charge is 0.417 e. The van der Waals surface area contributed by atoms with Crippen LogP contribution in [0.5, 0.6) is 5.88 Å². The number of aromatic nitrogens is 3. The Morgan fingerprint density at radius 3 is 2.52 bits per heavy atom. The second-order valence-electron chi connectivity index (χ2n) is 4.92. The zero-order valence-electron chi connectivity index (χ0n) is 11.7. The summed E-state index contributed by atoms with van der Waals surface area (Å²) in [6.07, 6.45) is 0.244. The van der Waals surface area contributed by atoms with Gasteiger partial charge in [0.1, 0.15) is 11.8 Å². The second kappa shape index (κ2) is 5.82. The summed E-state index contributed by atoms with van der Waals surface area (Å²) in [6, 6.07) is 2.07. The first-order valence-corrected chi connectivity index (χ1v) is 6.68. The molecule has 0 spiro atoms. The van der Waals surface area contributed by atoms with Crippen molar-refractivity contribution in [2.45, 2.75) is 12.3 Å². The Bertz CT molecular complexity index is 685. The Labute approximate surface area is 128 Å². The molecule has 3 rings (SSSR count). The molecule has 2 aromatic rings. The Morgan fingerprint density at radius 1 is 1.17 bits per heavy atom. The van der Waals surface area contributed by atoms with Gasteiger partial charge in [0.15, 0.2) is 0 Å².